The number of nitro benzene ring substituents is 1. The second kappa shape index (κ2) is 7.91. The standard InChI is InChI=1S/C17H16N2O6/c1-11(25-17(21)12-7-9-13(24-2)10-8-12)16(20)18-14-5-3-4-6-15(14)19(22)23/h3-11H,1-2H3,(H,18,20)/t11-/m0/s1. The maximum atomic E-state index is 12.1. The lowest BCUT2D eigenvalue weighted by Gasteiger charge is -2.13. The van der Waals surface area contributed by atoms with Crippen LogP contribution in [0.1, 0.15) is 17.3 Å². The highest BCUT2D eigenvalue weighted by molar-refractivity contribution is 5.98. The quantitative estimate of drug-likeness (QED) is 0.490. The van der Waals surface area contributed by atoms with Crippen molar-refractivity contribution in [2.24, 2.45) is 0 Å². The van der Waals surface area contributed by atoms with Gasteiger partial charge in [0, 0.05) is 6.07 Å². The summed E-state index contributed by atoms with van der Waals surface area (Å²) in [5.41, 5.74) is 0.0421. The van der Waals surface area contributed by atoms with Crippen LogP contribution in [0.15, 0.2) is 48.5 Å². The molecule has 2 aromatic rings. The summed E-state index contributed by atoms with van der Waals surface area (Å²) in [5.74, 6) is -0.775. The van der Waals surface area contributed by atoms with Crippen molar-refractivity contribution >= 4 is 23.3 Å². The van der Waals surface area contributed by atoms with E-state index in [4.69, 9.17) is 9.47 Å². The van der Waals surface area contributed by atoms with E-state index in [0.717, 1.165) is 0 Å². The van der Waals surface area contributed by atoms with E-state index in [-0.39, 0.29) is 16.9 Å². The third-order valence-corrected chi connectivity index (χ3v) is 3.34. The van der Waals surface area contributed by atoms with E-state index in [0.29, 0.717) is 5.75 Å². The van der Waals surface area contributed by atoms with Gasteiger partial charge in [-0.2, -0.15) is 0 Å². The highest BCUT2D eigenvalue weighted by Gasteiger charge is 2.22. The molecule has 0 spiro atoms. The molecule has 130 valence electrons. The van der Waals surface area contributed by atoms with Gasteiger partial charge in [-0.25, -0.2) is 4.79 Å². The maximum absolute atomic E-state index is 12.1. The molecule has 25 heavy (non-hydrogen) atoms. The molecule has 0 unspecified atom stereocenters. The predicted octanol–water partition coefficient (Wildman–Crippen LogP) is 2.79. The Labute approximate surface area is 143 Å². The Kier molecular flexibility index (Phi) is 5.67. The zero-order chi connectivity index (χ0) is 18.4. The van der Waals surface area contributed by atoms with Crippen LogP contribution in [0.3, 0.4) is 0 Å². The Morgan fingerprint density at radius 2 is 1.76 bits per heavy atom. The van der Waals surface area contributed by atoms with E-state index in [1.54, 1.807) is 18.2 Å². The minimum atomic E-state index is -1.13. The number of esters is 1. The molecule has 0 saturated carbocycles. The molecule has 2 aromatic carbocycles. The van der Waals surface area contributed by atoms with E-state index in [1.165, 1.54) is 44.4 Å². The van der Waals surface area contributed by atoms with E-state index < -0.39 is 22.9 Å². The molecule has 1 amide bonds. The third kappa shape index (κ3) is 4.54. The van der Waals surface area contributed by atoms with E-state index in [1.807, 2.05) is 0 Å². The van der Waals surface area contributed by atoms with Crippen LogP contribution in [0.2, 0.25) is 0 Å². The van der Waals surface area contributed by atoms with Gasteiger partial charge in [-0.3, -0.25) is 14.9 Å². The van der Waals surface area contributed by atoms with Crippen molar-refractivity contribution in [1.29, 1.82) is 0 Å². The second-order valence-corrected chi connectivity index (χ2v) is 5.04. The van der Waals surface area contributed by atoms with Crippen LogP contribution >= 0.6 is 0 Å². The number of rotatable bonds is 6. The van der Waals surface area contributed by atoms with Crippen molar-refractivity contribution in [2.45, 2.75) is 13.0 Å². The lowest BCUT2D eigenvalue weighted by Crippen LogP contribution is -2.30. The Balaban J connectivity index is 2.02. The number of para-hydroxylation sites is 2. The minimum absolute atomic E-state index is 0.0323. The molecule has 0 aliphatic carbocycles. The smallest absolute Gasteiger partial charge is 0.338 e. The molecular weight excluding hydrogens is 328 g/mol. The lowest BCUT2D eigenvalue weighted by molar-refractivity contribution is -0.383. The average Bonchev–Trinajstić information content (AvgIpc) is 2.61. The van der Waals surface area contributed by atoms with Crippen LogP contribution in [0.4, 0.5) is 11.4 Å². The van der Waals surface area contributed by atoms with Crippen molar-refractivity contribution in [3.63, 3.8) is 0 Å². The summed E-state index contributed by atoms with van der Waals surface area (Å²) in [4.78, 5) is 34.5. The number of nitrogens with one attached hydrogen (secondary N) is 1. The molecule has 0 aliphatic heterocycles. The second-order valence-electron chi connectivity index (χ2n) is 5.04. The van der Waals surface area contributed by atoms with Crippen LogP contribution in [0, 0.1) is 10.1 Å². The first-order chi connectivity index (χ1) is 11.9. The fraction of sp³-hybridized carbons (Fsp3) is 0.176. The highest BCUT2D eigenvalue weighted by Crippen LogP contribution is 2.23. The number of methoxy groups -OCH3 is 1. The molecule has 0 heterocycles. The molecule has 0 aromatic heterocycles. The van der Waals surface area contributed by atoms with Gasteiger partial charge in [-0.1, -0.05) is 12.1 Å². The van der Waals surface area contributed by atoms with Gasteiger partial charge in [0.15, 0.2) is 6.10 Å². The number of ether oxygens (including phenoxy) is 2. The van der Waals surface area contributed by atoms with Crippen LogP contribution in [0.5, 0.6) is 5.75 Å². The van der Waals surface area contributed by atoms with Crippen molar-refractivity contribution in [3.8, 4) is 5.75 Å². The first-order valence-electron chi connectivity index (χ1n) is 7.31. The van der Waals surface area contributed by atoms with Gasteiger partial charge in [0.2, 0.25) is 0 Å². The minimum Gasteiger partial charge on any atom is -0.497 e. The van der Waals surface area contributed by atoms with Gasteiger partial charge in [0.25, 0.3) is 11.6 Å². The summed E-state index contributed by atoms with van der Waals surface area (Å²) in [6.07, 6.45) is -1.13. The number of hydrogen-bond donors (Lipinski definition) is 1. The number of hydrogen-bond acceptors (Lipinski definition) is 6. The van der Waals surface area contributed by atoms with Crippen molar-refractivity contribution < 1.29 is 24.0 Å². The summed E-state index contributed by atoms with van der Waals surface area (Å²) < 4.78 is 10.1. The van der Waals surface area contributed by atoms with Gasteiger partial charge in [0.05, 0.1) is 17.6 Å². The van der Waals surface area contributed by atoms with Crippen LogP contribution in [-0.4, -0.2) is 30.0 Å². The van der Waals surface area contributed by atoms with Crippen LogP contribution in [-0.2, 0) is 9.53 Å². The molecule has 0 fully saturated rings. The normalized spacial score (nSPS) is 11.3. The van der Waals surface area contributed by atoms with Gasteiger partial charge >= 0.3 is 5.97 Å². The van der Waals surface area contributed by atoms with Crippen molar-refractivity contribution in [3.05, 3.63) is 64.2 Å². The zero-order valence-corrected chi connectivity index (χ0v) is 13.6. The Hall–Kier alpha value is -3.42. The first kappa shape index (κ1) is 17.9. The highest BCUT2D eigenvalue weighted by atomic mass is 16.6. The first-order valence-corrected chi connectivity index (χ1v) is 7.31. The van der Waals surface area contributed by atoms with Crippen LogP contribution < -0.4 is 10.1 Å². The Bertz CT molecular complexity index is 788. The summed E-state index contributed by atoms with van der Waals surface area (Å²) in [7, 11) is 1.50. The predicted molar refractivity (Wildman–Crippen MR) is 89.6 cm³/mol. The van der Waals surface area contributed by atoms with Crippen molar-refractivity contribution in [1.82, 2.24) is 0 Å². The number of carbonyl (C=O) groups excluding carboxylic acids is 2. The molecule has 0 saturated heterocycles. The topological polar surface area (TPSA) is 108 Å². The fourth-order valence-corrected chi connectivity index (χ4v) is 1.98. The SMILES string of the molecule is COc1ccc(C(=O)O[C@@H](C)C(=O)Nc2ccccc2[N+](=O)[O-])cc1. The van der Waals surface area contributed by atoms with E-state index >= 15 is 0 Å². The van der Waals surface area contributed by atoms with Crippen LogP contribution in [0.25, 0.3) is 0 Å². The summed E-state index contributed by atoms with van der Waals surface area (Å²) in [5, 5.41) is 13.3. The number of anilines is 1. The molecule has 0 radical (unpaired) electrons. The number of nitro groups is 1. The monoisotopic (exact) mass is 344 g/mol. The summed E-state index contributed by atoms with van der Waals surface area (Å²) in [6.45, 7) is 1.38. The summed E-state index contributed by atoms with van der Waals surface area (Å²) in [6, 6.07) is 11.9. The third-order valence-electron chi connectivity index (χ3n) is 3.34. The van der Waals surface area contributed by atoms with Crippen molar-refractivity contribution in [2.75, 3.05) is 12.4 Å². The van der Waals surface area contributed by atoms with Gasteiger partial charge < -0.3 is 14.8 Å². The summed E-state index contributed by atoms with van der Waals surface area (Å²) >= 11 is 0. The number of carbonyl (C=O) groups is 2. The fourth-order valence-electron chi connectivity index (χ4n) is 1.98. The number of nitrogens with zero attached hydrogens (tertiary/aromatic N) is 1. The maximum Gasteiger partial charge on any atom is 0.338 e. The molecule has 1 atom stereocenters. The number of benzene rings is 2. The molecule has 8 heteroatoms. The molecule has 0 aliphatic rings. The van der Waals surface area contributed by atoms with Gasteiger partial charge in [-0.05, 0) is 37.3 Å². The van der Waals surface area contributed by atoms with E-state index in [9.17, 15) is 19.7 Å². The molecule has 8 nitrogen and oxygen atoms in total. The molecule has 1 N–H and O–H groups in total. The zero-order valence-electron chi connectivity index (χ0n) is 13.6. The average molecular weight is 344 g/mol. The molecular formula is C17H16N2O6. The van der Waals surface area contributed by atoms with Gasteiger partial charge in [-0.15, -0.1) is 0 Å². The molecule has 0 bridgehead atoms. The largest absolute Gasteiger partial charge is 0.497 e. The Morgan fingerprint density at radius 1 is 1.12 bits per heavy atom. The van der Waals surface area contributed by atoms with E-state index in [2.05, 4.69) is 5.32 Å². The lowest BCUT2D eigenvalue weighted by atomic mass is 10.2. The molecule has 2 rings (SSSR count). The van der Waals surface area contributed by atoms with Gasteiger partial charge in [0.1, 0.15) is 11.4 Å². The Morgan fingerprint density at radius 3 is 2.36 bits per heavy atom. The number of amides is 1.